The van der Waals surface area contributed by atoms with E-state index < -0.39 is 36.5 Å². The number of benzene rings is 1. The van der Waals surface area contributed by atoms with E-state index in [-0.39, 0.29) is 17.0 Å². The first kappa shape index (κ1) is 24.1. The molecule has 1 aliphatic heterocycles. The van der Waals surface area contributed by atoms with Gasteiger partial charge in [-0.1, -0.05) is 0 Å². The molecular formula is C20H22IN7O6. The quantitative estimate of drug-likeness (QED) is 0.208. The molecule has 3 aromatic rings. The van der Waals surface area contributed by atoms with Crippen LogP contribution >= 0.6 is 22.6 Å². The fourth-order valence-electron chi connectivity index (χ4n) is 3.49. The van der Waals surface area contributed by atoms with Gasteiger partial charge in [0.2, 0.25) is 0 Å². The molecule has 2 aromatic heterocycles. The molecule has 4 rings (SSSR count). The minimum Gasteiger partial charge on any atom is -0.497 e. The molecular weight excluding hydrogens is 561 g/mol. The lowest BCUT2D eigenvalue weighted by Crippen LogP contribution is -2.42. The monoisotopic (exact) mass is 583 g/mol. The largest absolute Gasteiger partial charge is 0.497 e. The van der Waals surface area contributed by atoms with Crippen LogP contribution in [0.5, 0.6) is 5.75 Å². The molecule has 34 heavy (non-hydrogen) atoms. The van der Waals surface area contributed by atoms with Gasteiger partial charge >= 0.3 is 6.03 Å². The SMILES string of the molecule is CCNC(=O)C1OC(n2cnc3c(NC(=O)Nc4ccc(OC)cc4)nc(I)nc32)C(O)C1O. The van der Waals surface area contributed by atoms with E-state index in [2.05, 4.69) is 30.9 Å². The Morgan fingerprint density at radius 1 is 1.18 bits per heavy atom. The molecule has 1 aromatic carbocycles. The summed E-state index contributed by atoms with van der Waals surface area (Å²) in [6.07, 6.45) is -3.90. The Morgan fingerprint density at radius 3 is 2.59 bits per heavy atom. The number of urea groups is 1. The third-order valence-electron chi connectivity index (χ3n) is 5.10. The van der Waals surface area contributed by atoms with Gasteiger partial charge in [0, 0.05) is 34.8 Å². The van der Waals surface area contributed by atoms with Crippen molar-refractivity contribution in [2.24, 2.45) is 0 Å². The predicted octanol–water partition coefficient (Wildman–Crippen LogP) is 0.839. The van der Waals surface area contributed by atoms with Gasteiger partial charge in [0.05, 0.1) is 13.4 Å². The van der Waals surface area contributed by atoms with E-state index in [0.29, 0.717) is 21.8 Å². The maximum Gasteiger partial charge on any atom is 0.324 e. The summed E-state index contributed by atoms with van der Waals surface area (Å²) in [4.78, 5) is 37.5. The summed E-state index contributed by atoms with van der Waals surface area (Å²) in [5.74, 6) is 0.245. The van der Waals surface area contributed by atoms with Crippen molar-refractivity contribution in [3.8, 4) is 5.75 Å². The van der Waals surface area contributed by atoms with Crippen molar-refractivity contribution in [2.75, 3.05) is 24.3 Å². The third-order valence-corrected chi connectivity index (χ3v) is 5.58. The van der Waals surface area contributed by atoms with Crippen LogP contribution < -0.4 is 20.7 Å². The van der Waals surface area contributed by atoms with Crippen LogP contribution in [0.15, 0.2) is 30.6 Å². The van der Waals surface area contributed by atoms with Crippen LogP contribution in [0.3, 0.4) is 0 Å². The molecule has 13 nitrogen and oxygen atoms in total. The molecule has 4 unspecified atom stereocenters. The topological polar surface area (TPSA) is 173 Å². The average molecular weight is 583 g/mol. The number of rotatable bonds is 6. The van der Waals surface area contributed by atoms with Crippen LogP contribution in [-0.2, 0) is 9.53 Å². The highest BCUT2D eigenvalue weighted by molar-refractivity contribution is 14.1. The summed E-state index contributed by atoms with van der Waals surface area (Å²) in [5, 5.41) is 28.7. The first-order valence-electron chi connectivity index (χ1n) is 10.2. The predicted molar refractivity (Wildman–Crippen MR) is 128 cm³/mol. The fraction of sp³-hybridized carbons (Fsp3) is 0.350. The van der Waals surface area contributed by atoms with Gasteiger partial charge in [-0.25, -0.2) is 19.7 Å². The number of aromatic nitrogens is 4. The number of carbonyl (C=O) groups excluding carboxylic acids is 2. The van der Waals surface area contributed by atoms with Gasteiger partial charge in [0.25, 0.3) is 5.91 Å². The minimum absolute atomic E-state index is 0.132. The molecule has 0 bridgehead atoms. The molecule has 0 aliphatic carbocycles. The Morgan fingerprint density at radius 2 is 1.91 bits per heavy atom. The standard InChI is InChI=1S/C20H22IN7O6/c1-3-22-17(31)14-12(29)13(30)18(34-14)28-8-23-11-15(25-19(21)27-16(11)28)26-20(32)24-9-4-6-10(33-2)7-5-9/h4-8,12-14,18,29-30H,3H2,1-2H3,(H,22,31)(H2,24,25,26,27,32). The van der Waals surface area contributed by atoms with Gasteiger partial charge < -0.3 is 30.3 Å². The van der Waals surface area contributed by atoms with Crippen molar-refractivity contribution in [2.45, 2.75) is 31.5 Å². The van der Waals surface area contributed by atoms with Crippen LogP contribution in [0.1, 0.15) is 13.2 Å². The van der Waals surface area contributed by atoms with Crippen molar-refractivity contribution in [1.29, 1.82) is 0 Å². The highest BCUT2D eigenvalue weighted by Crippen LogP contribution is 2.33. The molecule has 5 N–H and O–H groups in total. The highest BCUT2D eigenvalue weighted by Gasteiger charge is 2.47. The van der Waals surface area contributed by atoms with E-state index in [1.165, 1.54) is 10.9 Å². The molecule has 4 atom stereocenters. The number of nitrogens with one attached hydrogen (secondary N) is 3. The van der Waals surface area contributed by atoms with Crippen LogP contribution in [0, 0.1) is 3.83 Å². The zero-order valence-electron chi connectivity index (χ0n) is 18.1. The lowest BCUT2D eigenvalue weighted by atomic mass is 10.1. The van der Waals surface area contributed by atoms with E-state index in [9.17, 15) is 19.8 Å². The molecule has 1 saturated heterocycles. The van der Waals surface area contributed by atoms with Gasteiger partial charge in [-0.15, -0.1) is 0 Å². The maximum absolute atomic E-state index is 12.5. The fourth-order valence-corrected chi connectivity index (χ4v) is 3.96. The van der Waals surface area contributed by atoms with Gasteiger partial charge in [-0.05, 0) is 31.2 Å². The second-order valence-corrected chi connectivity index (χ2v) is 8.26. The number of aliphatic hydroxyl groups excluding tert-OH is 2. The Hall–Kier alpha value is -3.08. The van der Waals surface area contributed by atoms with Crippen molar-refractivity contribution in [3.05, 3.63) is 34.4 Å². The Labute approximate surface area is 207 Å². The summed E-state index contributed by atoms with van der Waals surface area (Å²) >= 11 is 1.88. The lowest BCUT2D eigenvalue weighted by Gasteiger charge is -2.16. The highest BCUT2D eigenvalue weighted by atomic mass is 127. The van der Waals surface area contributed by atoms with E-state index in [0.717, 1.165) is 0 Å². The number of likely N-dealkylation sites (N-methyl/N-ethyl adjacent to an activating group) is 1. The molecule has 3 heterocycles. The number of aliphatic hydroxyl groups is 2. The van der Waals surface area contributed by atoms with E-state index >= 15 is 0 Å². The number of carbonyl (C=O) groups is 2. The van der Waals surface area contributed by atoms with Crippen LogP contribution in [0.2, 0.25) is 0 Å². The average Bonchev–Trinajstić information content (AvgIpc) is 3.35. The summed E-state index contributed by atoms with van der Waals surface area (Å²) in [5.41, 5.74) is 1.01. The minimum atomic E-state index is -1.44. The molecule has 0 radical (unpaired) electrons. The first-order chi connectivity index (χ1) is 16.3. The number of methoxy groups -OCH3 is 1. The van der Waals surface area contributed by atoms with Gasteiger partial charge in [-0.2, -0.15) is 0 Å². The smallest absolute Gasteiger partial charge is 0.324 e. The summed E-state index contributed by atoms with van der Waals surface area (Å²) in [7, 11) is 1.55. The Bertz CT molecular complexity index is 1200. The summed E-state index contributed by atoms with van der Waals surface area (Å²) < 4.78 is 12.4. The molecule has 14 heteroatoms. The van der Waals surface area contributed by atoms with Gasteiger partial charge in [0.15, 0.2) is 33.1 Å². The van der Waals surface area contributed by atoms with Crippen molar-refractivity contribution < 1.29 is 29.3 Å². The summed E-state index contributed by atoms with van der Waals surface area (Å²) in [6, 6.07) is 6.22. The molecule has 180 valence electrons. The van der Waals surface area contributed by atoms with Crippen LogP contribution in [0.4, 0.5) is 16.3 Å². The van der Waals surface area contributed by atoms with E-state index in [1.807, 2.05) is 22.6 Å². The Balaban J connectivity index is 1.57. The van der Waals surface area contributed by atoms with Crippen LogP contribution in [0.25, 0.3) is 11.2 Å². The van der Waals surface area contributed by atoms with E-state index in [4.69, 9.17) is 9.47 Å². The molecule has 1 aliphatic rings. The van der Waals surface area contributed by atoms with Crippen molar-refractivity contribution in [1.82, 2.24) is 24.8 Å². The van der Waals surface area contributed by atoms with Crippen LogP contribution in [-0.4, -0.2) is 73.6 Å². The second kappa shape index (κ2) is 10.0. The van der Waals surface area contributed by atoms with Crippen molar-refractivity contribution >= 4 is 57.2 Å². The number of imidazole rings is 1. The second-order valence-electron chi connectivity index (χ2n) is 7.30. The number of ether oxygens (including phenoxy) is 2. The number of fused-ring (bicyclic) bond motifs is 1. The normalized spacial score (nSPS) is 21.9. The molecule has 3 amide bonds. The zero-order chi connectivity index (χ0) is 24.4. The van der Waals surface area contributed by atoms with Crippen molar-refractivity contribution in [3.63, 3.8) is 0 Å². The number of anilines is 2. The molecule has 1 fully saturated rings. The Kier molecular flexibility index (Phi) is 7.11. The maximum atomic E-state index is 12.5. The first-order valence-corrected chi connectivity index (χ1v) is 11.3. The third kappa shape index (κ3) is 4.75. The number of nitrogens with zero attached hydrogens (tertiary/aromatic N) is 4. The number of halogens is 1. The van der Waals surface area contributed by atoms with E-state index in [1.54, 1.807) is 38.3 Å². The zero-order valence-corrected chi connectivity index (χ0v) is 20.3. The molecule has 0 spiro atoms. The number of hydrogen-bond acceptors (Lipinski definition) is 9. The van der Waals surface area contributed by atoms with Gasteiger partial charge in [-0.3, -0.25) is 14.7 Å². The van der Waals surface area contributed by atoms with Gasteiger partial charge in [0.1, 0.15) is 18.0 Å². The number of hydrogen-bond donors (Lipinski definition) is 5. The number of amides is 3. The summed E-state index contributed by atoms with van der Waals surface area (Å²) in [6.45, 7) is 2.08. The molecule has 0 saturated carbocycles. The lowest BCUT2D eigenvalue weighted by molar-refractivity contribution is -0.137.